The van der Waals surface area contributed by atoms with Crippen LogP contribution in [0.2, 0.25) is 0 Å². The molecule has 0 aliphatic carbocycles. The second kappa shape index (κ2) is 8.75. The van der Waals surface area contributed by atoms with E-state index in [-0.39, 0.29) is 17.5 Å². The van der Waals surface area contributed by atoms with Crippen LogP contribution in [0.1, 0.15) is 54.0 Å². The summed E-state index contributed by atoms with van der Waals surface area (Å²) < 4.78 is 3.83. The highest BCUT2D eigenvalue weighted by molar-refractivity contribution is 7.03. The Bertz CT molecular complexity index is 1030. The number of rotatable bonds is 5. The van der Waals surface area contributed by atoms with E-state index in [0.29, 0.717) is 11.3 Å². The third-order valence-electron chi connectivity index (χ3n) is 4.69. The maximum absolute atomic E-state index is 13.5. The van der Waals surface area contributed by atoms with Crippen molar-refractivity contribution in [1.29, 1.82) is 0 Å². The van der Waals surface area contributed by atoms with Crippen LogP contribution in [-0.4, -0.2) is 26.9 Å². The van der Waals surface area contributed by atoms with Gasteiger partial charge in [0, 0.05) is 16.6 Å². The number of amides is 2. The average Bonchev–Trinajstić information content (AvgIpc) is 3.22. The van der Waals surface area contributed by atoms with Crippen LogP contribution in [0, 0.1) is 13.8 Å². The fourth-order valence-corrected chi connectivity index (χ4v) is 3.56. The molecular weight excluding hydrogens is 396 g/mol. The van der Waals surface area contributed by atoms with Gasteiger partial charge in [0.2, 0.25) is 5.91 Å². The van der Waals surface area contributed by atoms with E-state index in [1.54, 1.807) is 5.38 Å². The lowest BCUT2D eigenvalue weighted by molar-refractivity contribution is -0.123. The van der Waals surface area contributed by atoms with Crippen molar-refractivity contribution in [1.82, 2.24) is 14.9 Å². The Morgan fingerprint density at radius 2 is 1.73 bits per heavy atom. The Balaban J connectivity index is 2.18. The zero-order valence-electron chi connectivity index (χ0n) is 17.8. The number of anilines is 1. The molecule has 0 spiro atoms. The molecule has 6 nitrogen and oxygen atoms in total. The van der Waals surface area contributed by atoms with E-state index in [1.165, 1.54) is 4.90 Å². The molecule has 156 valence electrons. The molecule has 2 amide bonds. The summed E-state index contributed by atoms with van der Waals surface area (Å²) in [5.41, 5.74) is 3.25. The summed E-state index contributed by atoms with van der Waals surface area (Å²) in [4.78, 5) is 28.5. The van der Waals surface area contributed by atoms with Crippen molar-refractivity contribution in [2.75, 3.05) is 4.90 Å². The molecule has 2 aromatic carbocycles. The van der Waals surface area contributed by atoms with Crippen LogP contribution in [0.3, 0.4) is 0 Å². The van der Waals surface area contributed by atoms with E-state index < -0.39 is 11.6 Å². The zero-order valence-corrected chi connectivity index (χ0v) is 18.7. The van der Waals surface area contributed by atoms with Gasteiger partial charge < -0.3 is 5.32 Å². The number of nitrogens with one attached hydrogen (secondary N) is 1. The molecule has 0 saturated heterocycles. The molecule has 0 aliphatic rings. The van der Waals surface area contributed by atoms with Crippen molar-refractivity contribution < 1.29 is 9.59 Å². The van der Waals surface area contributed by atoms with Crippen molar-refractivity contribution in [3.05, 3.63) is 76.3 Å². The number of carbonyl (C=O) groups excluding carboxylic acids is 2. The molecule has 0 radical (unpaired) electrons. The van der Waals surface area contributed by atoms with Crippen molar-refractivity contribution in [3.63, 3.8) is 0 Å². The summed E-state index contributed by atoms with van der Waals surface area (Å²) in [5.74, 6) is -0.631. The van der Waals surface area contributed by atoms with Crippen LogP contribution >= 0.6 is 11.5 Å². The Labute approximate surface area is 181 Å². The molecule has 1 N–H and O–H groups in total. The van der Waals surface area contributed by atoms with Crippen molar-refractivity contribution >= 4 is 29.0 Å². The van der Waals surface area contributed by atoms with E-state index >= 15 is 0 Å². The fraction of sp³-hybridized carbons (Fsp3) is 0.304. The molecule has 0 saturated carbocycles. The van der Waals surface area contributed by atoms with Gasteiger partial charge in [-0.15, -0.1) is 5.10 Å². The lowest BCUT2D eigenvalue weighted by Crippen LogP contribution is -2.49. The van der Waals surface area contributed by atoms with Crippen LogP contribution in [0.5, 0.6) is 0 Å². The molecule has 1 heterocycles. The molecule has 0 bridgehead atoms. The number of hydrogen-bond acceptors (Lipinski definition) is 5. The first-order chi connectivity index (χ1) is 14.2. The van der Waals surface area contributed by atoms with Gasteiger partial charge in [-0.1, -0.05) is 40.9 Å². The molecule has 3 rings (SSSR count). The molecule has 1 atom stereocenters. The van der Waals surface area contributed by atoms with E-state index in [2.05, 4.69) is 14.9 Å². The Hall–Kier alpha value is -3.06. The smallest absolute Gasteiger partial charge is 0.280 e. The third-order valence-corrected chi connectivity index (χ3v) is 5.19. The maximum atomic E-state index is 13.5. The van der Waals surface area contributed by atoms with Crippen LogP contribution < -0.4 is 10.2 Å². The Kier molecular flexibility index (Phi) is 6.31. The first-order valence-electron chi connectivity index (χ1n) is 9.72. The SMILES string of the molecule is Cc1ccc(N(C(=O)c2csnn2)C(C(=O)NC(C)(C)C)c2ccccc2)cc1C. The summed E-state index contributed by atoms with van der Waals surface area (Å²) in [6.45, 7) is 9.74. The first-order valence-corrected chi connectivity index (χ1v) is 10.6. The molecule has 1 aromatic heterocycles. The highest BCUT2D eigenvalue weighted by atomic mass is 32.1. The van der Waals surface area contributed by atoms with Gasteiger partial charge in [-0.3, -0.25) is 14.5 Å². The highest BCUT2D eigenvalue weighted by Gasteiger charge is 2.35. The second-order valence-electron chi connectivity index (χ2n) is 8.29. The lowest BCUT2D eigenvalue weighted by Gasteiger charge is -2.33. The van der Waals surface area contributed by atoms with Gasteiger partial charge >= 0.3 is 0 Å². The fourth-order valence-electron chi connectivity index (χ4n) is 3.13. The highest BCUT2D eigenvalue weighted by Crippen LogP contribution is 2.31. The number of carbonyl (C=O) groups is 2. The largest absolute Gasteiger partial charge is 0.349 e. The van der Waals surface area contributed by atoms with Crippen LogP contribution in [0.15, 0.2) is 53.9 Å². The predicted octanol–water partition coefficient (Wildman–Crippen LogP) is 4.46. The van der Waals surface area contributed by atoms with Crippen molar-refractivity contribution in [2.24, 2.45) is 0 Å². The predicted molar refractivity (Wildman–Crippen MR) is 120 cm³/mol. The molecule has 0 aliphatic heterocycles. The summed E-state index contributed by atoms with van der Waals surface area (Å²) >= 11 is 1.10. The van der Waals surface area contributed by atoms with Gasteiger partial charge in [0.05, 0.1) is 0 Å². The zero-order chi connectivity index (χ0) is 21.9. The van der Waals surface area contributed by atoms with Gasteiger partial charge in [-0.25, -0.2) is 0 Å². The molecule has 3 aromatic rings. The third kappa shape index (κ3) is 4.91. The summed E-state index contributed by atoms with van der Waals surface area (Å²) in [6.07, 6.45) is 0. The van der Waals surface area contributed by atoms with E-state index in [0.717, 1.165) is 22.7 Å². The van der Waals surface area contributed by atoms with E-state index in [4.69, 9.17) is 0 Å². The van der Waals surface area contributed by atoms with Crippen LogP contribution in [0.4, 0.5) is 5.69 Å². The Morgan fingerprint density at radius 3 is 2.30 bits per heavy atom. The minimum atomic E-state index is -0.860. The van der Waals surface area contributed by atoms with E-state index in [9.17, 15) is 9.59 Å². The Morgan fingerprint density at radius 1 is 1.03 bits per heavy atom. The first kappa shape index (κ1) is 21.6. The minimum absolute atomic E-state index is 0.211. The molecule has 1 unspecified atom stereocenters. The normalized spacial score (nSPS) is 12.3. The molecule has 30 heavy (non-hydrogen) atoms. The van der Waals surface area contributed by atoms with Gasteiger partial charge in [0.15, 0.2) is 5.69 Å². The van der Waals surface area contributed by atoms with Gasteiger partial charge in [-0.05, 0) is 75.0 Å². The topological polar surface area (TPSA) is 75.2 Å². The second-order valence-corrected chi connectivity index (χ2v) is 8.90. The number of hydrogen-bond donors (Lipinski definition) is 1. The minimum Gasteiger partial charge on any atom is -0.349 e. The summed E-state index contributed by atoms with van der Waals surface area (Å²) in [7, 11) is 0. The quantitative estimate of drug-likeness (QED) is 0.659. The molecular formula is C23H26N4O2S. The number of nitrogens with zero attached hydrogens (tertiary/aromatic N) is 3. The van der Waals surface area contributed by atoms with Crippen LogP contribution in [-0.2, 0) is 4.79 Å². The number of benzene rings is 2. The van der Waals surface area contributed by atoms with E-state index in [1.807, 2.05) is 83.1 Å². The lowest BCUT2D eigenvalue weighted by atomic mass is 9.99. The monoisotopic (exact) mass is 422 g/mol. The summed E-state index contributed by atoms with van der Waals surface area (Å²) in [5, 5.41) is 8.58. The summed E-state index contributed by atoms with van der Waals surface area (Å²) in [6, 6.07) is 14.2. The molecule has 0 fully saturated rings. The average molecular weight is 423 g/mol. The number of aryl methyl sites for hydroxylation is 2. The molecule has 7 heteroatoms. The maximum Gasteiger partial charge on any atom is 0.280 e. The van der Waals surface area contributed by atoms with Crippen molar-refractivity contribution in [2.45, 2.75) is 46.2 Å². The van der Waals surface area contributed by atoms with Gasteiger partial charge in [-0.2, -0.15) is 0 Å². The van der Waals surface area contributed by atoms with Crippen LogP contribution in [0.25, 0.3) is 0 Å². The van der Waals surface area contributed by atoms with Crippen molar-refractivity contribution in [3.8, 4) is 0 Å². The van der Waals surface area contributed by atoms with Gasteiger partial charge in [0.25, 0.3) is 5.91 Å². The standard InChI is InChI=1S/C23H26N4O2S/c1-15-11-12-18(13-16(15)2)27(22(29)19-14-30-26-25-19)20(17-9-7-6-8-10-17)21(28)24-23(3,4)5/h6-14,20H,1-5H3,(H,24,28). The number of aromatic nitrogens is 2. The van der Waals surface area contributed by atoms with Gasteiger partial charge in [0.1, 0.15) is 6.04 Å².